The maximum Gasteiger partial charge on any atom is 0.0907 e. The van der Waals surface area contributed by atoms with Crippen molar-refractivity contribution in [1.29, 1.82) is 0 Å². The Labute approximate surface area is 125 Å². The second-order valence-electron chi connectivity index (χ2n) is 6.40. The molecule has 20 heavy (non-hydrogen) atoms. The highest BCUT2D eigenvalue weighted by Crippen LogP contribution is 2.30. The number of hydrogen-bond donors (Lipinski definition) is 2. The van der Waals surface area contributed by atoms with Crippen molar-refractivity contribution in [3.05, 3.63) is 17.1 Å². The zero-order valence-electron chi connectivity index (χ0n) is 12.9. The molecule has 0 radical (unpaired) electrons. The van der Waals surface area contributed by atoms with Crippen LogP contribution in [0, 0.1) is 12.3 Å². The van der Waals surface area contributed by atoms with Gasteiger partial charge in [0.15, 0.2) is 0 Å². The Hall–Kier alpha value is -1.33. The van der Waals surface area contributed by atoms with Gasteiger partial charge >= 0.3 is 0 Å². The SMILES string of the molecule is Cc1nc2cc(NCC(C)(C)CN(C)C)c(N)cc2s1. The summed E-state index contributed by atoms with van der Waals surface area (Å²) in [4.78, 5) is 6.73. The largest absolute Gasteiger partial charge is 0.397 e. The van der Waals surface area contributed by atoms with Crippen LogP contribution in [0.4, 0.5) is 11.4 Å². The molecule has 1 aromatic carbocycles. The molecule has 5 heteroatoms. The molecule has 0 saturated carbocycles. The maximum absolute atomic E-state index is 6.13. The van der Waals surface area contributed by atoms with Crippen molar-refractivity contribution in [2.75, 3.05) is 38.2 Å². The standard InChI is InChI=1S/C15H24N4S/c1-10-18-13-7-12(11(16)6-14(13)20-10)17-8-15(2,3)9-19(4)5/h6-7,17H,8-9,16H2,1-5H3. The van der Waals surface area contributed by atoms with Crippen LogP contribution in [0.3, 0.4) is 0 Å². The quantitative estimate of drug-likeness (QED) is 0.831. The van der Waals surface area contributed by atoms with Crippen molar-refractivity contribution in [3.63, 3.8) is 0 Å². The number of aromatic nitrogens is 1. The Kier molecular flexibility index (Phi) is 4.20. The van der Waals surface area contributed by atoms with Gasteiger partial charge in [0.2, 0.25) is 0 Å². The lowest BCUT2D eigenvalue weighted by atomic mass is 9.93. The number of rotatable bonds is 5. The van der Waals surface area contributed by atoms with Crippen molar-refractivity contribution >= 4 is 32.9 Å². The van der Waals surface area contributed by atoms with Gasteiger partial charge in [-0.1, -0.05) is 13.8 Å². The Morgan fingerprint density at radius 3 is 2.70 bits per heavy atom. The maximum atomic E-state index is 6.13. The number of anilines is 2. The summed E-state index contributed by atoms with van der Waals surface area (Å²) < 4.78 is 1.15. The third kappa shape index (κ3) is 3.61. The minimum Gasteiger partial charge on any atom is -0.397 e. The summed E-state index contributed by atoms with van der Waals surface area (Å²) in [6.07, 6.45) is 0. The summed E-state index contributed by atoms with van der Waals surface area (Å²) in [5.74, 6) is 0. The first-order valence-corrected chi connectivity index (χ1v) is 7.64. The highest BCUT2D eigenvalue weighted by atomic mass is 32.1. The van der Waals surface area contributed by atoms with E-state index in [1.54, 1.807) is 11.3 Å². The van der Waals surface area contributed by atoms with E-state index in [0.717, 1.165) is 39.7 Å². The lowest BCUT2D eigenvalue weighted by Crippen LogP contribution is -2.34. The summed E-state index contributed by atoms with van der Waals surface area (Å²) in [6, 6.07) is 4.07. The molecule has 0 saturated heterocycles. The van der Waals surface area contributed by atoms with Gasteiger partial charge in [-0.15, -0.1) is 11.3 Å². The first-order chi connectivity index (χ1) is 9.27. The Bertz CT molecular complexity index is 601. The predicted octanol–water partition coefficient (Wildman–Crippen LogP) is 3.19. The summed E-state index contributed by atoms with van der Waals surface area (Å²) in [5.41, 5.74) is 9.11. The zero-order valence-corrected chi connectivity index (χ0v) is 13.8. The van der Waals surface area contributed by atoms with Gasteiger partial charge in [0.1, 0.15) is 0 Å². The van der Waals surface area contributed by atoms with E-state index in [-0.39, 0.29) is 5.41 Å². The molecule has 3 N–H and O–H groups in total. The van der Waals surface area contributed by atoms with Crippen molar-refractivity contribution in [2.45, 2.75) is 20.8 Å². The molecular formula is C15H24N4S. The highest BCUT2D eigenvalue weighted by molar-refractivity contribution is 7.18. The molecule has 110 valence electrons. The number of fused-ring (bicyclic) bond motifs is 1. The van der Waals surface area contributed by atoms with Crippen LogP contribution in [0.15, 0.2) is 12.1 Å². The fourth-order valence-corrected chi connectivity index (χ4v) is 3.36. The van der Waals surface area contributed by atoms with Gasteiger partial charge in [0.05, 0.1) is 26.6 Å². The molecule has 0 unspecified atom stereocenters. The zero-order chi connectivity index (χ0) is 14.9. The van der Waals surface area contributed by atoms with Crippen LogP contribution in [-0.4, -0.2) is 37.1 Å². The average Bonchev–Trinajstić information content (AvgIpc) is 2.63. The fraction of sp³-hybridized carbons (Fsp3) is 0.533. The molecule has 4 nitrogen and oxygen atoms in total. The van der Waals surface area contributed by atoms with Gasteiger partial charge in [-0.2, -0.15) is 0 Å². The Morgan fingerprint density at radius 1 is 1.35 bits per heavy atom. The van der Waals surface area contributed by atoms with Crippen LogP contribution in [0.5, 0.6) is 0 Å². The van der Waals surface area contributed by atoms with Gasteiger partial charge in [-0.25, -0.2) is 4.98 Å². The van der Waals surface area contributed by atoms with E-state index >= 15 is 0 Å². The molecule has 0 fully saturated rings. The molecular weight excluding hydrogens is 268 g/mol. The van der Waals surface area contributed by atoms with Crippen LogP contribution < -0.4 is 11.1 Å². The highest BCUT2D eigenvalue weighted by Gasteiger charge is 2.19. The van der Waals surface area contributed by atoms with Crippen molar-refractivity contribution in [3.8, 4) is 0 Å². The van der Waals surface area contributed by atoms with Gasteiger partial charge in [0.25, 0.3) is 0 Å². The number of aryl methyl sites for hydroxylation is 1. The van der Waals surface area contributed by atoms with Crippen molar-refractivity contribution in [1.82, 2.24) is 9.88 Å². The van der Waals surface area contributed by atoms with Crippen LogP contribution in [-0.2, 0) is 0 Å². The molecule has 0 aliphatic heterocycles. The van der Waals surface area contributed by atoms with E-state index in [0.29, 0.717) is 0 Å². The Morgan fingerprint density at radius 2 is 2.05 bits per heavy atom. The number of nitrogens with zero attached hydrogens (tertiary/aromatic N) is 2. The number of benzene rings is 1. The van der Waals surface area contributed by atoms with Gasteiger partial charge in [-0.3, -0.25) is 0 Å². The molecule has 1 heterocycles. The van der Waals surface area contributed by atoms with Crippen LogP contribution in [0.25, 0.3) is 10.2 Å². The van der Waals surface area contributed by atoms with Crippen LogP contribution in [0.1, 0.15) is 18.9 Å². The van der Waals surface area contributed by atoms with E-state index in [1.165, 1.54) is 0 Å². The summed E-state index contributed by atoms with van der Waals surface area (Å²) in [5, 5.41) is 4.55. The second kappa shape index (κ2) is 5.58. The molecule has 2 aromatic rings. The first-order valence-electron chi connectivity index (χ1n) is 6.82. The third-order valence-corrected chi connectivity index (χ3v) is 4.10. The lowest BCUT2D eigenvalue weighted by Gasteiger charge is -2.29. The molecule has 0 aliphatic rings. The minimum atomic E-state index is 0.183. The van der Waals surface area contributed by atoms with Gasteiger partial charge in [0, 0.05) is 13.1 Å². The number of nitrogens with one attached hydrogen (secondary N) is 1. The van der Waals surface area contributed by atoms with E-state index < -0.39 is 0 Å². The smallest absolute Gasteiger partial charge is 0.0907 e. The summed E-state index contributed by atoms with van der Waals surface area (Å²) >= 11 is 1.68. The lowest BCUT2D eigenvalue weighted by molar-refractivity contribution is 0.254. The fourth-order valence-electron chi connectivity index (χ4n) is 2.50. The molecule has 2 rings (SSSR count). The normalized spacial score (nSPS) is 12.3. The van der Waals surface area contributed by atoms with Crippen LogP contribution in [0.2, 0.25) is 0 Å². The Balaban J connectivity index is 2.15. The molecule has 0 amide bonds. The van der Waals surface area contributed by atoms with E-state index in [4.69, 9.17) is 5.73 Å². The van der Waals surface area contributed by atoms with E-state index in [2.05, 4.69) is 49.2 Å². The first kappa shape index (κ1) is 15.1. The molecule has 0 aliphatic carbocycles. The third-order valence-electron chi connectivity index (χ3n) is 3.17. The molecule has 1 aromatic heterocycles. The number of nitrogens with two attached hydrogens (primary N) is 1. The number of thiazole rings is 1. The van der Waals surface area contributed by atoms with Gasteiger partial charge < -0.3 is 16.0 Å². The number of nitrogen functional groups attached to an aromatic ring is 1. The van der Waals surface area contributed by atoms with Gasteiger partial charge in [-0.05, 0) is 38.6 Å². The molecule has 0 atom stereocenters. The van der Waals surface area contributed by atoms with Crippen molar-refractivity contribution in [2.24, 2.45) is 5.41 Å². The van der Waals surface area contributed by atoms with E-state index in [1.807, 2.05) is 13.0 Å². The number of hydrogen-bond acceptors (Lipinski definition) is 5. The average molecular weight is 292 g/mol. The predicted molar refractivity (Wildman–Crippen MR) is 89.6 cm³/mol. The molecule has 0 bridgehead atoms. The monoisotopic (exact) mass is 292 g/mol. The van der Waals surface area contributed by atoms with Crippen LogP contribution >= 0.6 is 11.3 Å². The summed E-state index contributed by atoms with van der Waals surface area (Å²) in [6.45, 7) is 8.43. The van der Waals surface area contributed by atoms with Crippen molar-refractivity contribution < 1.29 is 0 Å². The molecule has 0 spiro atoms. The van der Waals surface area contributed by atoms with E-state index in [9.17, 15) is 0 Å². The topological polar surface area (TPSA) is 54.2 Å². The minimum absolute atomic E-state index is 0.183. The summed E-state index contributed by atoms with van der Waals surface area (Å²) in [7, 11) is 4.19. The second-order valence-corrected chi connectivity index (χ2v) is 7.63.